The van der Waals surface area contributed by atoms with Gasteiger partial charge in [-0.1, -0.05) is 233 Å². The number of quaternary nitrogens is 1. The van der Waals surface area contributed by atoms with E-state index in [1.807, 2.05) is 0 Å². The Balaban J connectivity index is 4.87. The number of aliphatic hydroxyl groups is 1. The van der Waals surface area contributed by atoms with E-state index in [0.717, 1.165) is 43.4 Å². The van der Waals surface area contributed by atoms with E-state index in [4.69, 9.17) is 0 Å². The minimum absolute atomic E-state index is 0.413. The first-order valence-corrected chi connectivity index (χ1v) is 26.3. The van der Waals surface area contributed by atoms with Crippen LogP contribution >= 0.6 is 0 Å². The summed E-state index contributed by atoms with van der Waals surface area (Å²) in [4.78, 5) is 0. The van der Waals surface area contributed by atoms with Crippen LogP contribution in [0.3, 0.4) is 0 Å². The summed E-state index contributed by atoms with van der Waals surface area (Å²) in [7, 11) is -4.45. The summed E-state index contributed by atoms with van der Waals surface area (Å²) in [5, 5.41) is 10.9. The minimum Gasteiger partial charge on any atom is -0.748 e. The highest BCUT2D eigenvalue weighted by molar-refractivity contribution is 7.85. The van der Waals surface area contributed by atoms with Gasteiger partial charge < -0.3 is 14.1 Å². The highest BCUT2D eigenvalue weighted by Gasteiger charge is 2.30. The summed E-state index contributed by atoms with van der Waals surface area (Å²) in [6, 6.07) is 0. The number of hydrogen-bond acceptors (Lipinski definition) is 4. The van der Waals surface area contributed by atoms with Crippen LogP contribution in [0.25, 0.3) is 0 Å². The zero-order valence-corrected chi connectivity index (χ0v) is 38.0. The Labute approximate surface area is 340 Å². The lowest BCUT2D eigenvalue weighted by atomic mass is 10.0. The number of hydrogen-bond donors (Lipinski definition) is 1. The Morgan fingerprint density at radius 3 is 0.741 bits per heavy atom. The van der Waals surface area contributed by atoms with E-state index in [2.05, 4.69) is 20.8 Å². The summed E-state index contributed by atoms with van der Waals surface area (Å²) >= 11 is 0. The highest BCUT2D eigenvalue weighted by atomic mass is 32.2. The molecule has 0 aromatic rings. The van der Waals surface area contributed by atoms with Crippen LogP contribution < -0.4 is 0 Å². The van der Waals surface area contributed by atoms with Gasteiger partial charge in [-0.2, -0.15) is 0 Å². The third-order valence-corrected chi connectivity index (χ3v) is 13.0. The van der Waals surface area contributed by atoms with Crippen LogP contribution in [-0.4, -0.2) is 60.6 Å². The van der Waals surface area contributed by atoms with Gasteiger partial charge in [-0.15, -0.1) is 0 Å². The molecule has 0 aromatic carbocycles. The zero-order valence-electron chi connectivity index (χ0n) is 37.2. The smallest absolute Gasteiger partial charge is 0.116 e. The fraction of sp³-hybridized carbons (Fsp3) is 1.00. The largest absolute Gasteiger partial charge is 0.748 e. The standard InChI is InChI=1S/C48H99NO4S/c1-4-7-10-13-16-19-22-25-28-31-34-37-40-43-49(46-48(50)47-54(51,52)53,44-41-38-35-32-29-26-23-20-17-14-11-8-5-2)45-42-39-36-33-30-27-24-21-18-15-12-9-6-3/h48,50H,4-47H2,1-3H3. The first-order valence-electron chi connectivity index (χ1n) is 24.7. The van der Waals surface area contributed by atoms with Crippen molar-refractivity contribution < 1.29 is 22.6 Å². The normalized spacial score (nSPS) is 12.9. The molecule has 1 N–H and O–H groups in total. The maximum absolute atomic E-state index is 11.7. The summed E-state index contributed by atoms with van der Waals surface area (Å²) < 4.78 is 35.8. The molecule has 0 aliphatic carbocycles. The van der Waals surface area contributed by atoms with E-state index in [9.17, 15) is 18.1 Å². The van der Waals surface area contributed by atoms with Crippen LogP contribution in [0, 0.1) is 0 Å². The molecule has 0 heterocycles. The average molecular weight is 786 g/mol. The molecule has 5 nitrogen and oxygen atoms in total. The Kier molecular flexibility index (Phi) is 40.9. The predicted octanol–water partition coefficient (Wildman–Crippen LogP) is 15.0. The van der Waals surface area contributed by atoms with Crippen LogP contribution in [0.4, 0.5) is 0 Å². The number of unbranched alkanes of at least 4 members (excludes halogenated alkanes) is 36. The third-order valence-electron chi connectivity index (χ3n) is 12.2. The zero-order chi connectivity index (χ0) is 39.7. The third kappa shape index (κ3) is 40.0. The van der Waals surface area contributed by atoms with Crippen molar-refractivity contribution in [2.75, 3.05) is 31.9 Å². The number of rotatable bonds is 46. The Bertz CT molecular complexity index is 761. The molecule has 0 rings (SSSR count). The summed E-state index contributed by atoms with van der Waals surface area (Å²) in [5.74, 6) is -0.650. The van der Waals surface area contributed by atoms with E-state index in [1.165, 1.54) is 231 Å². The monoisotopic (exact) mass is 786 g/mol. The SMILES string of the molecule is CCCCCCCCCCCCCCC[N+](CCCCCCCCCCCCCCC)(CCCCCCCCCCCCCCC)CC(O)CS(=O)(=O)[O-]. The van der Waals surface area contributed by atoms with Crippen molar-refractivity contribution in [1.82, 2.24) is 0 Å². The summed E-state index contributed by atoms with van der Waals surface area (Å²) in [6.07, 6.45) is 50.9. The van der Waals surface area contributed by atoms with Gasteiger partial charge in [0.15, 0.2) is 0 Å². The molecule has 0 saturated carbocycles. The quantitative estimate of drug-likeness (QED) is 0.0379. The van der Waals surface area contributed by atoms with E-state index in [1.54, 1.807) is 0 Å². The lowest BCUT2D eigenvalue weighted by Crippen LogP contribution is -2.55. The molecule has 0 aliphatic heterocycles. The topological polar surface area (TPSA) is 77.4 Å². The van der Waals surface area contributed by atoms with Gasteiger partial charge >= 0.3 is 0 Å². The van der Waals surface area contributed by atoms with E-state index >= 15 is 0 Å². The van der Waals surface area contributed by atoms with E-state index in [-0.39, 0.29) is 0 Å². The lowest BCUT2D eigenvalue weighted by molar-refractivity contribution is -0.931. The fourth-order valence-electron chi connectivity index (χ4n) is 8.74. The average Bonchev–Trinajstić information content (AvgIpc) is 3.13. The summed E-state index contributed by atoms with van der Waals surface area (Å²) in [5.41, 5.74) is 0. The second-order valence-corrected chi connectivity index (χ2v) is 19.2. The van der Waals surface area contributed by atoms with Gasteiger partial charge in [-0.25, -0.2) is 8.42 Å². The second-order valence-electron chi connectivity index (χ2n) is 17.8. The van der Waals surface area contributed by atoms with Gasteiger partial charge in [0.25, 0.3) is 0 Å². The molecule has 54 heavy (non-hydrogen) atoms. The van der Waals surface area contributed by atoms with Crippen LogP contribution in [-0.2, 0) is 10.1 Å². The molecule has 0 radical (unpaired) electrons. The molecular weight excluding hydrogens is 687 g/mol. The molecule has 0 saturated heterocycles. The number of aliphatic hydroxyl groups excluding tert-OH is 1. The molecule has 326 valence electrons. The molecule has 0 bridgehead atoms. The predicted molar refractivity (Wildman–Crippen MR) is 237 cm³/mol. The first-order chi connectivity index (χ1) is 26.3. The summed E-state index contributed by atoms with van der Waals surface area (Å²) in [6.45, 7) is 10.3. The molecule has 1 atom stereocenters. The molecule has 0 amide bonds. The Morgan fingerprint density at radius 2 is 0.556 bits per heavy atom. The molecule has 1 unspecified atom stereocenters. The molecule has 0 aromatic heterocycles. The van der Waals surface area contributed by atoms with Crippen molar-refractivity contribution in [3.63, 3.8) is 0 Å². The maximum atomic E-state index is 11.7. The fourth-order valence-corrected chi connectivity index (χ4v) is 9.32. The molecule has 0 spiro atoms. The van der Waals surface area contributed by atoms with Gasteiger partial charge in [0.05, 0.1) is 35.5 Å². The Morgan fingerprint density at radius 1 is 0.370 bits per heavy atom. The van der Waals surface area contributed by atoms with Crippen molar-refractivity contribution in [2.45, 2.75) is 277 Å². The first kappa shape index (κ1) is 53.8. The van der Waals surface area contributed by atoms with Gasteiger partial charge in [-0.3, -0.25) is 0 Å². The lowest BCUT2D eigenvalue weighted by Gasteiger charge is -2.41. The molecule has 6 heteroatoms. The van der Waals surface area contributed by atoms with Crippen molar-refractivity contribution in [3.8, 4) is 0 Å². The van der Waals surface area contributed by atoms with Crippen molar-refractivity contribution in [3.05, 3.63) is 0 Å². The van der Waals surface area contributed by atoms with Crippen LogP contribution in [0.5, 0.6) is 0 Å². The van der Waals surface area contributed by atoms with Crippen LogP contribution in [0.15, 0.2) is 0 Å². The highest BCUT2D eigenvalue weighted by Crippen LogP contribution is 2.21. The van der Waals surface area contributed by atoms with Gasteiger partial charge in [-0.05, 0) is 38.5 Å². The number of nitrogens with zero attached hydrogens (tertiary/aromatic N) is 1. The van der Waals surface area contributed by atoms with Crippen molar-refractivity contribution >= 4 is 10.1 Å². The van der Waals surface area contributed by atoms with E-state index < -0.39 is 22.0 Å². The second kappa shape index (κ2) is 41.0. The van der Waals surface area contributed by atoms with Crippen molar-refractivity contribution in [2.24, 2.45) is 0 Å². The van der Waals surface area contributed by atoms with Crippen LogP contribution in [0.2, 0.25) is 0 Å². The molecule has 0 aliphatic rings. The van der Waals surface area contributed by atoms with E-state index in [0.29, 0.717) is 6.54 Å². The van der Waals surface area contributed by atoms with Crippen LogP contribution in [0.1, 0.15) is 271 Å². The maximum Gasteiger partial charge on any atom is 0.116 e. The Hall–Kier alpha value is -0.170. The van der Waals surface area contributed by atoms with Crippen molar-refractivity contribution in [1.29, 1.82) is 0 Å². The van der Waals surface area contributed by atoms with Gasteiger partial charge in [0.2, 0.25) is 0 Å². The molecule has 0 fully saturated rings. The minimum atomic E-state index is -4.45. The molecular formula is C48H99NO4S. The van der Waals surface area contributed by atoms with Gasteiger partial charge in [0, 0.05) is 0 Å². The van der Waals surface area contributed by atoms with Gasteiger partial charge in [0.1, 0.15) is 12.6 Å².